The highest BCUT2D eigenvalue weighted by molar-refractivity contribution is 9.10. The standard InChI is InChI=1S/C14H11BrCl2FN/c1-7-4-8(6-9(16)5-7)14(19)10-2-3-11(15)12(17)13(10)18/h2-6,14H,19H2,1H3. The average molecular weight is 363 g/mol. The van der Waals surface area contributed by atoms with E-state index >= 15 is 0 Å². The number of hydrogen-bond donors (Lipinski definition) is 1. The van der Waals surface area contributed by atoms with E-state index in [1.807, 2.05) is 19.1 Å². The molecule has 2 N–H and O–H groups in total. The number of hydrogen-bond acceptors (Lipinski definition) is 1. The van der Waals surface area contributed by atoms with Crippen molar-refractivity contribution >= 4 is 39.1 Å². The maximum atomic E-state index is 14.1. The number of halogens is 4. The monoisotopic (exact) mass is 361 g/mol. The molecule has 0 bridgehead atoms. The van der Waals surface area contributed by atoms with Crippen LogP contribution in [0, 0.1) is 12.7 Å². The van der Waals surface area contributed by atoms with Crippen molar-refractivity contribution in [1.82, 2.24) is 0 Å². The first-order chi connectivity index (χ1) is 8.90. The van der Waals surface area contributed by atoms with E-state index in [0.717, 1.165) is 11.1 Å². The lowest BCUT2D eigenvalue weighted by atomic mass is 9.98. The second-order valence-electron chi connectivity index (χ2n) is 4.30. The minimum absolute atomic E-state index is 0.0340. The third-order valence-electron chi connectivity index (χ3n) is 2.82. The lowest BCUT2D eigenvalue weighted by molar-refractivity contribution is 0.599. The number of benzene rings is 2. The van der Waals surface area contributed by atoms with Crippen LogP contribution in [0.4, 0.5) is 4.39 Å². The molecule has 0 aliphatic heterocycles. The van der Waals surface area contributed by atoms with E-state index in [-0.39, 0.29) is 5.02 Å². The van der Waals surface area contributed by atoms with Gasteiger partial charge in [-0.05, 0) is 52.2 Å². The minimum Gasteiger partial charge on any atom is -0.320 e. The van der Waals surface area contributed by atoms with Crippen LogP contribution in [0.5, 0.6) is 0 Å². The van der Waals surface area contributed by atoms with Crippen molar-refractivity contribution in [2.75, 3.05) is 0 Å². The fourth-order valence-electron chi connectivity index (χ4n) is 1.90. The fourth-order valence-corrected chi connectivity index (χ4v) is 2.68. The summed E-state index contributed by atoms with van der Waals surface area (Å²) in [7, 11) is 0. The van der Waals surface area contributed by atoms with E-state index in [4.69, 9.17) is 28.9 Å². The molecule has 2 aromatic carbocycles. The summed E-state index contributed by atoms with van der Waals surface area (Å²) in [6, 6.07) is 8.12. The SMILES string of the molecule is Cc1cc(Cl)cc(C(N)c2ccc(Br)c(Cl)c2F)c1. The van der Waals surface area contributed by atoms with Crippen LogP contribution in [0.1, 0.15) is 22.7 Å². The van der Waals surface area contributed by atoms with Crippen molar-refractivity contribution in [1.29, 1.82) is 0 Å². The van der Waals surface area contributed by atoms with Gasteiger partial charge in [0.05, 0.1) is 11.1 Å². The Morgan fingerprint density at radius 1 is 1.21 bits per heavy atom. The zero-order valence-corrected chi connectivity index (χ0v) is 13.2. The smallest absolute Gasteiger partial charge is 0.148 e. The van der Waals surface area contributed by atoms with Crippen LogP contribution in [0.2, 0.25) is 10.0 Å². The molecule has 19 heavy (non-hydrogen) atoms. The Kier molecular flexibility index (Phi) is 4.51. The van der Waals surface area contributed by atoms with Crippen molar-refractivity contribution < 1.29 is 4.39 Å². The first kappa shape index (κ1) is 14.8. The molecule has 0 saturated carbocycles. The fraction of sp³-hybridized carbons (Fsp3) is 0.143. The summed E-state index contributed by atoms with van der Waals surface area (Å²) in [5, 5.41) is 0.612. The van der Waals surface area contributed by atoms with Crippen LogP contribution in [-0.4, -0.2) is 0 Å². The first-order valence-corrected chi connectivity index (χ1v) is 7.11. The van der Waals surface area contributed by atoms with Crippen LogP contribution in [0.25, 0.3) is 0 Å². The maximum Gasteiger partial charge on any atom is 0.148 e. The largest absolute Gasteiger partial charge is 0.320 e. The number of rotatable bonds is 2. The van der Waals surface area contributed by atoms with Crippen molar-refractivity contribution in [2.24, 2.45) is 5.73 Å². The third kappa shape index (κ3) is 3.11. The number of nitrogens with two attached hydrogens (primary N) is 1. The van der Waals surface area contributed by atoms with Gasteiger partial charge in [-0.3, -0.25) is 0 Å². The summed E-state index contributed by atoms with van der Waals surface area (Å²) >= 11 is 15.0. The third-order valence-corrected chi connectivity index (χ3v) is 4.30. The predicted octanol–water partition coefficient (Wildman–Crippen LogP) is 5.25. The van der Waals surface area contributed by atoms with Crippen molar-refractivity contribution in [3.05, 3.63) is 67.4 Å². The topological polar surface area (TPSA) is 26.0 Å². The molecule has 0 amide bonds. The van der Waals surface area contributed by atoms with Crippen molar-refractivity contribution in [3.63, 3.8) is 0 Å². The Balaban J connectivity index is 2.50. The Bertz CT molecular complexity index is 611. The van der Waals surface area contributed by atoms with Gasteiger partial charge in [-0.1, -0.05) is 35.3 Å². The highest BCUT2D eigenvalue weighted by atomic mass is 79.9. The molecule has 1 unspecified atom stereocenters. The van der Waals surface area contributed by atoms with Gasteiger partial charge in [-0.15, -0.1) is 0 Å². The zero-order chi connectivity index (χ0) is 14.2. The Morgan fingerprint density at radius 3 is 2.53 bits per heavy atom. The second-order valence-corrected chi connectivity index (χ2v) is 5.97. The van der Waals surface area contributed by atoms with E-state index in [2.05, 4.69) is 15.9 Å². The molecule has 0 fully saturated rings. The first-order valence-electron chi connectivity index (χ1n) is 5.56. The second kappa shape index (κ2) is 5.80. The van der Waals surface area contributed by atoms with Gasteiger partial charge in [-0.2, -0.15) is 0 Å². The molecule has 0 aromatic heterocycles. The van der Waals surface area contributed by atoms with Crippen LogP contribution < -0.4 is 5.73 Å². The van der Waals surface area contributed by atoms with Crippen LogP contribution in [0.3, 0.4) is 0 Å². The van der Waals surface area contributed by atoms with Gasteiger partial charge in [0.15, 0.2) is 0 Å². The van der Waals surface area contributed by atoms with E-state index in [1.165, 1.54) is 0 Å². The molecule has 0 aliphatic carbocycles. The quantitative estimate of drug-likeness (QED) is 0.725. The Hall–Kier alpha value is -0.610. The van der Waals surface area contributed by atoms with E-state index in [1.54, 1.807) is 18.2 Å². The Labute approximate surface area is 129 Å². The van der Waals surface area contributed by atoms with Crippen LogP contribution in [0.15, 0.2) is 34.8 Å². The van der Waals surface area contributed by atoms with E-state index in [9.17, 15) is 4.39 Å². The molecule has 1 atom stereocenters. The highest BCUT2D eigenvalue weighted by Crippen LogP contribution is 2.32. The van der Waals surface area contributed by atoms with Gasteiger partial charge < -0.3 is 5.73 Å². The summed E-state index contributed by atoms with van der Waals surface area (Å²) in [5.74, 6) is -0.513. The number of aryl methyl sites for hydroxylation is 1. The molecule has 100 valence electrons. The van der Waals surface area contributed by atoms with Gasteiger partial charge in [0, 0.05) is 15.1 Å². The summed E-state index contributed by atoms with van der Waals surface area (Å²) < 4.78 is 14.6. The average Bonchev–Trinajstić information content (AvgIpc) is 2.34. The molecule has 0 aliphatic rings. The molecule has 2 aromatic rings. The van der Waals surface area contributed by atoms with Gasteiger partial charge >= 0.3 is 0 Å². The van der Waals surface area contributed by atoms with Gasteiger partial charge in [0.1, 0.15) is 5.82 Å². The molecular formula is C14H11BrCl2FN. The summed E-state index contributed by atoms with van der Waals surface area (Å²) in [4.78, 5) is 0. The van der Waals surface area contributed by atoms with Gasteiger partial charge in [-0.25, -0.2) is 4.39 Å². The Morgan fingerprint density at radius 2 is 1.89 bits per heavy atom. The summed E-state index contributed by atoms with van der Waals surface area (Å²) in [6.45, 7) is 1.91. The van der Waals surface area contributed by atoms with Crippen LogP contribution in [-0.2, 0) is 0 Å². The highest BCUT2D eigenvalue weighted by Gasteiger charge is 2.18. The lowest BCUT2D eigenvalue weighted by Gasteiger charge is -2.15. The molecule has 0 radical (unpaired) electrons. The summed E-state index contributed by atoms with van der Waals surface area (Å²) in [5.41, 5.74) is 8.17. The molecule has 2 rings (SSSR count). The molecule has 0 heterocycles. The maximum absolute atomic E-state index is 14.1. The molecule has 1 nitrogen and oxygen atoms in total. The van der Waals surface area contributed by atoms with E-state index < -0.39 is 11.9 Å². The molecule has 0 saturated heterocycles. The molecule has 0 spiro atoms. The van der Waals surface area contributed by atoms with Gasteiger partial charge in [0.2, 0.25) is 0 Å². The summed E-state index contributed by atoms with van der Waals surface area (Å²) in [6.07, 6.45) is 0. The van der Waals surface area contributed by atoms with Crippen LogP contribution >= 0.6 is 39.1 Å². The predicted molar refractivity (Wildman–Crippen MR) is 81.3 cm³/mol. The van der Waals surface area contributed by atoms with Crippen molar-refractivity contribution in [2.45, 2.75) is 13.0 Å². The van der Waals surface area contributed by atoms with Crippen molar-refractivity contribution in [3.8, 4) is 0 Å². The van der Waals surface area contributed by atoms with E-state index in [0.29, 0.717) is 15.1 Å². The molecule has 5 heteroatoms. The minimum atomic E-state index is -0.608. The van der Waals surface area contributed by atoms with Gasteiger partial charge in [0.25, 0.3) is 0 Å². The zero-order valence-electron chi connectivity index (χ0n) is 10.1. The normalized spacial score (nSPS) is 12.5. The molecular weight excluding hydrogens is 352 g/mol. The lowest BCUT2D eigenvalue weighted by Crippen LogP contribution is -2.14.